The van der Waals surface area contributed by atoms with E-state index in [1.807, 2.05) is 31.2 Å². The van der Waals surface area contributed by atoms with Gasteiger partial charge in [0, 0.05) is 24.1 Å². The normalized spacial score (nSPS) is 11.8. The molecule has 0 saturated heterocycles. The summed E-state index contributed by atoms with van der Waals surface area (Å²) in [6, 6.07) is 7.05. The number of carboxylic acid groups (broad SMARTS) is 1. The second-order valence-electron chi connectivity index (χ2n) is 4.60. The first-order valence-corrected chi connectivity index (χ1v) is 7.20. The number of hydrogen-bond donors (Lipinski definition) is 2. The summed E-state index contributed by atoms with van der Waals surface area (Å²) in [6.45, 7) is 2.30. The summed E-state index contributed by atoms with van der Waals surface area (Å²) >= 11 is 3.44. The highest BCUT2D eigenvalue weighted by molar-refractivity contribution is 9.10. The molecule has 20 heavy (non-hydrogen) atoms. The van der Waals surface area contributed by atoms with Gasteiger partial charge in [0.2, 0.25) is 0 Å². The molecule has 0 aromatic heterocycles. The fourth-order valence-electron chi connectivity index (χ4n) is 1.75. The Kier molecular flexibility index (Phi) is 6.51. The molecule has 0 fully saturated rings. The number of amides is 2. The largest absolute Gasteiger partial charge is 0.481 e. The smallest absolute Gasteiger partial charge is 0.317 e. The van der Waals surface area contributed by atoms with Gasteiger partial charge in [-0.05, 0) is 18.1 Å². The number of nitrogens with one attached hydrogen (secondary N) is 1. The number of nitrogens with zero attached hydrogens (tertiary/aromatic N) is 1. The van der Waals surface area contributed by atoms with Crippen molar-refractivity contribution in [3.05, 3.63) is 34.3 Å². The summed E-state index contributed by atoms with van der Waals surface area (Å²) in [5.74, 6) is -0.911. The number of carbonyl (C=O) groups is 2. The molecule has 2 N–H and O–H groups in total. The van der Waals surface area contributed by atoms with E-state index >= 15 is 0 Å². The third kappa shape index (κ3) is 5.21. The highest BCUT2D eigenvalue weighted by Crippen LogP contribution is 2.17. The second kappa shape index (κ2) is 7.89. The van der Waals surface area contributed by atoms with E-state index in [2.05, 4.69) is 21.2 Å². The van der Waals surface area contributed by atoms with Crippen molar-refractivity contribution in [2.24, 2.45) is 0 Å². The van der Waals surface area contributed by atoms with Crippen molar-refractivity contribution in [2.45, 2.75) is 32.4 Å². The molecule has 1 aromatic rings. The van der Waals surface area contributed by atoms with Crippen molar-refractivity contribution in [2.75, 3.05) is 7.05 Å². The van der Waals surface area contributed by atoms with Crippen LogP contribution in [0.1, 0.15) is 25.3 Å². The van der Waals surface area contributed by atoms with Crippen molar-refractivity contribution < 1.29 is 14.7 Å². The molecule has 0 heterocycles. The Labute approximate surface area is 127 Å². The summed E-state index contributed by atoms with van der Waals surface area (Å²) < 4.78 is 0.942. The van der Waals surface area contributed by atoms with Gasteiger partial charge in [0.05, 0.1) is 6.42 Å². The van der Waals surface area contributed by atoms with E-state index < -0.39 is 5.97 Å². The fourth-order valence-corrected chi connectivity index (χ4v) is 2.16. The van der Waals surface area contributed by atoms with Crippen LogP contribution in [-0.4, -0.2) is 35.1 Å². The van der Waals surface area contributed by atoms with E-state index in [4.69, 9.17) is 5.11 Å². The fraction of sp³-hybridized carbons (Fsp3) is 0.429. The standard InChI is InChI=1S/C14H19BrN2O3/c1-3-11(8-13(18)19)16-14(20)17(2)9-10-6-4-5-7-12(10)15/h4-7,11H,3,8-9H2,1-2H3,(H,16,20)(H,18,19). The maximum atomic E-state index is 12.0. The third-order valence-electron chi connectivity index (χ3n) is 2.95. The molecule has 1 atom stereocenters. The minimum atomic E-state index is -0.911. The van der Waals surface area contributed by atoms with Crippen LogP contribution < -0.4 is 5.32 Å². The minimum absolute atomic E-state index is 0.0644. The Bertz CT molecular complexity index is 479. The molecule has 1 aromatic carbocycles. The van der Waals surface area contributed by atoms with Crippen LogP contribution in [0.25, 0.3) is 0 Å². The number of carboxylic acids is 1. The lowest BCUT2D eigenvalue weighted by molar-refractivity contribution is -0.137. The van der Waals surface area contributed by atoms with Gasteiger partial charge in [-0.25, -0.2) is 4.79 Å². The summed E-state index contributed by atoms with van der Waals surface area (Å²) in [4.78, 5) is 24.2. The van der Waals surface area contributed by atoms with Gasteiger partial charge < -0.3 is 15.3 Å². The molecule has 5 nitrogen and oxygen atoms in total. The lowest BCUT2D eigenvalue weighted by atomic mass is 10.1. The van der Waals surface area contributed by atoms with E-state index in [1.54, 1.807) is 7.05 Å². The topological polar surface area (TPSA) is 69.6 Å². The van der Waals surface area contributed by atoms with E-state index in [1.165, 1.54) is 4.90 Å². The van der Waals surface area contributed by atoms with Crippen molar-refractivity contribution in [1.29, 1.82) is 0 Å². The number of aliphatic carboxylic acids is 1. The quantitative estimate of drug-likeness (QED) is 0.835. The van der Waals surface area contributed by atoms with Gasteiger partial charge in [-0.1, -0.05) is 41.1 Å². The van der Waals surface area contributed by atoms with E-state index in [-0.39, 0.29) is 18.5 Å². The van der Waals surface area contributed by atoms with Crippen LogP contribution in [0.15, 0.2) is 28.7 Å². The Morgan fingerprint density at radius 3 is 2.60 bits per heavy atom. The monoisotopic (exact) mass is 342 g/mol. The van der Waals surface area contributed by atoms with Crippen LogP contribution in [0.3, 0.4) is 0 Å². The van der Waals surface area contributed by atoms with Gasteiger partial charge in [0.1, 0.15) is 0 Å². The van der Waals surface area contributed by atoms with E-state index in [9.17, 15) is 9.59 Å². The van der Waals surface area contributed by atoms with Crippen molar-refractivity contribution >= 4 is 27.9 Å². The molecule has 0 bridgehead atoms. The molecular formula is C14H19BrN2O3. The number of rotatable bonds is 6. The number of urea groups is 1. The molecule has 0 spiro atoms. The Hall–Kier alpha value is -1.56. The van der Waals surface area contributed by atoms with Crippen molar-refractivity contribution in [1.82, 2.24) is 10.2 Å². The molecule has 0 aliphatic heterocycles. The molecule has 0 radical (unpaired) electrons. The molecule has 110 valence electrons. The average Bonchev–Trinajstić information content (AvgIpc) is 2.39. The molecule has 1 rings (SSSR count). The first-order chi connectivity index (χ1) is 9.43. The Morgan fingerprint density at radius 2 is 2.05 bits per heavy atom. The van der Waals surface area contributed by atoms with Crippen molar-refractivity contribution in [3.63, 3.8) is 0 Å². The van der Waals surface area contributed by atoms with Gasteiger partial charge in [-0.2, -0.15) is 0 Å². The van der Waals surface area contributed by atoms with Crippen LogP contribution in [-0.2, 0) is 11.3 Å². The van der Waals surface area contributed by atoms with E-state index in [0.29, 0.717) is 13.0 Å². The summed E-state index contributed by atoms with van der Waals surface area (Å²) in [6.07, 6.45) is 0.520. The van der Waals surface area contributed by atoms with Gasteiger partial charge in [-0.15, -0.1) is 0 Å². The maximum absolute atomic E-state index is 12.0. The van der Waals surface area contributed by atoms with Gasteiger partial charge >= 0.3 is 12.0 Å². The predicted octanol–water partition coefficient (Wildman–Crippen LogP) is 2.84. The molecule has 6 heteroatoms. The van der Waals surface area contributed by atoms with Crippen LogP contribution in [0.5, 0.6) is 0 Å². The summed E-state index contributed by atoms with van der Waals surface area (Å²) in [7, 11) is 1.68. The van der Waals surface area contributed by atoms with Gasteiger partial charge in [0.15, 0.2) is 0 Å². The molecular weight excluding hydrogens is 324 g/mol. The average molecular weight is 343 g/mol. The SMILES string of the molecule is CCC(CC(=O)O)NC(=O)N(C)Cc1ccccc1Br. The molecule has 0 saturated carbocycles. The predicted molar refractivity (Wildman–Crippen MR) is 80.5 cm³/mol. The van der Waals surface area contributed by atoms with Crippen molar-refractivity contribution in [3.8, 4) is 0 Å². The van der Waals surface area contributed by atoms with Gasteiger partial charge in [0.25, 0.3) is 0 Å². The molecule has 2 amide bonds. The van der Waals surface area contributed by atoms with Crippen LogP contribution in [0.2, 0.25) is 0 Å². The van der Waals surface area contributed by atoms with Gasteiger partial charge in [-0.3, -0.25) is 4.79 Å². The lowest BCUT2D eigenvalue weighted by Crippen LogP contribution is -2.43. The minimum Gasteiger partial charge on any atom is -0.481 e. The van der Waals surface area contributed by atoms with Crippen LogP contribution in [0, 0.1) is 0 Å². The first kappa shape index (κ1) is 16.5. The zero-order valence-electron chi connectivity index (χ0n) is 11.6. The summed E-state index contributed by atoms with van der Waals surface area (Å²) in [5, 5.41) is 11.5. The number of halogens is 1. The lowest BCUT2D eigenvalue weighted by Gasteiger charge is -2.22. The number of benzene rings is 1. The zero-order chi connectivity index (χ0) is 15.1. The number of hydrogen-bond acceptors (Lipinski definition) is 2. The van der Waals surface area contributed by atoms with Crippen LogP contribution in [0.4, 0.5) is 4.79 Å². The highest BCUT2D eigenvalue weighted by Gasteiger charge is 2.17. The second-order valence-corrected chi connectivity index (χ2v) is 5.45. The molecule has 0 aliphatic carbocycles. The molecule has 0 aliphatic rings. The Balaban J connectivity index is 2.58. The maximum Gasteiger partial charge on any atom is 0.317 e. The number of carbonyl (C=O) groups excluding carboxylic acids is 1. The van der Waals surface area contributed by atoms with E-state index in [0.717, 1.165) is 10.0 Å². The third-order valence-corrected chi connectivity index (χ3v) is 3.73. The summed E-state index contributed by atoms with van der Waals surface area (Å²) in [5.41, 5.74) is 0.997. The van der Waals surface area contributed by atoms with Crippen LogP contribution >= 0.6 is 15.9 Å². The Morgan fingerprint density at radius 1 is 1.40 bits per heavy atom. The highest BCUT2D eigenvalue weighted by atomic mass is 79.9. The first-order valence-electron chi connectivity index (χ1n) is 6.40. The molecule has 1 unspecified atom stereocenters. The zero-order valence-corrected chi connectivity index (χ0v) is 13.2.